The van der Waals surface area contributed by atoms with Crippen LogP contribution in [0.1, 0.15) is 51.4 Å². The molecule has 0 amide bonds. The smallest absolute Gasteiger partial charge is 0.202 e. The van der Waals surface area contributed by atoms with Gasteiger partial charge in [-0.1, -0.05) is 12.8 Å². The molecule has 0 unspecified atom stereocenters. The first-order chi connectivity index (χ1) is 9.08. The van der Waals surface area contributed by atoms with Crippen LogP contribution in [-0.2, 0) is 10.2 Å². The molecule has 0 spiro atoms. The third kappa shape index (κ3) is 4.88. The summed E-state index contributed by atoms with van der Waals surface area (Å²) in [7, 11) is -3.27. The molecule has 0 aromatic heterocycles. The van der Waals surface area contributed by atoms with Crippen LogP contribution in [0.4, 0.5) is 0 Å². The van der Waals surface area contributed by atoms with Gasteiger partial charge in [-0.05, 0) is 44.4 Å². The Morgan fingerprint density at radius 3 is 2.16 bits per heavy atom. The number of halogens is 1. The summed E-state index contributed by atoms with van der Waals surface area (Å²) in [5.74, 6) is 0.455. The summed E-state index contributed by atoms with van der Waals surface area (Å²) < 4.78 is 28.9. The zero-order valence-corrected chi connectivity index (χ0v) is 13.1. The lowest BCUT2D eigenvalue weighted by molar-refractivity contribution is 0.352. The van der Waals surface area contributed by atoms with Crippen LogP contribution in [0.5, 0.6) is 0 Å². The lowest BCUT2D eigenvalue weighted by Gasteiger charge is -2.26. The highest BCUT2D eigenvalue weighted by Gasteiger charge is 2.25. The standard InChI is InChI=1S/C13H25ClN2O2S/c14-13-7-5-12(6-8-13)11-15-19(17,18)16-9-3-1-2-4-10-16/h12-13,15H,1-11H2. The van der Waals surface area contributed by atoms with Crippen molar-refractivity contribution in [3.63, 3.8) is 0 Å². The van der Waals surface area contributed by atoms with Crippen LogP contribution in [0.2, 0.25) is 0 Å². The lowest BCUT2D eigenvalue weighted by atomic mass is 9.89. The summed E-state index contributed by atoms with van der Waals surface area (Å²) in [5.41, 5.74) is 0. The maximum atomic E-state index is 12.2. The van der Waals surface area contributed by atoms with Gasteiger partial charge in [0.2, 0.25) is 0 Å². The van der Waals surface area contributed by atoms with Crippen LogP contribution in [-0.4, -0.2) is 37.7 Å². The number of alkyl halides is 1. The molecule has 1 aliphatic carbocycles. The molecule has 1 saturated heterocycles. The molecule has 112 valence electrons. The van der Waals surface area contributed by atoms with Gasteiger partial charge >= 0.3 is 0 Å². The van der Waals surface area contributed by atoms with Crippen molar-refractivity contribution in [2.24, 2.45) is 5.92 Å². The normalized spacial score (nSPS) is 31.0. The van der Waals surface area contributed by atoms with Crippen LogP contribution in [0, 0.1) is 5.92 Å². The fourth-order valence-electron chi connectivity index (χ4n) is 2.92. The summed E-state index contributed by atoms with van der Waals surface area (Å²) >= 11 is 6.07. The van der Waals surface area contributed by atoms with Crippen molar-refractivity contribution in [3.8, 4) is 0 Å². The van der Waals surface area contributed by atoms with E-state index >= 15 is 0 Å². The second-order valence-electron chi connectivity index (χ2n) is 5.78. The van der Waals surface area contributed by atoms with Crippen LogP contribution in [0.15, 0.2) is 0 Å². The molecule has 1 heterocycles. The van der Waals surface area contributed by atoms with E-state index in [-0.39, 0.29) is 0 Å². The number of rotatable bonds is 4. The molecule has 0 aromatic rings. The van der Waals surface area contributed by atoms with Gasteiger partial charge in [-0.15, -0.1) is 11.6 Å². The predicted molar refractivity (Wildman–Crippen MR) is 78.6 cm³/mol. The van der Waals surface area contributed by atoms with E-state index in [1.807, 2.05) is 0 Å². The topological polar surface area (TPSA) is 49.4 Å². The molecule has 6 heteroatoms. The monoisotopic (exact) mass is 308 g/mol. The summed E-state index contributed by atoms with van der Waals surface area (Å²) in [6.07, 6.45) is 8.36. The number of hydrogen-bond donors (Lipinski definition) is 1. The molecule has 1 N–H and O–H groups in total. The molecule has 2 rings (SSSR count). The van der Waals surface area contributed by atoms with Gasteiger partial charge in [0.25, 0.3) is 10.2 Å². The van der Waals surface area contributed by atoms with E-state index < -0.39 is 10.2 Å². The fourth-order valence-corrected chi connectivity index (χ4v) is 4.54. The maximum absolute atomic E-state index is 12.2. The largest absolute Gasteiger partial charge is 0.279 e. The Kier molecular flexibility index (Phi) is 5.93. The van der Waals surface area contributed by atoms with E-state index in [9.17, 15) is 8.42 Å². The van der Waals surface area contributed by atoms with E-state index in [2.05, 4.69) is 4.72 Å². The van der Waals surface area contributed by atoms with Crippen molar-refractivity contribution in [2.45, 2.75) is 56.7 Å². The van der Waals surface area contributed by atoms with Crippen LogP contribution in [0.3, 0.4) is 0 Å². The Labute approximate surface area is 122 Å². The first-order valence-corrected chi connectivity index (χ1v) is 9.34. The Morgan fingerprint density at radius 2 is 1.58 bits per heavy atom. The van der Waals surface area contributed by atoms with Crippen molar-refractivity contribution >= 4 is 21.8 Å². The zero-order valence-electron chi connectivity index (χ0n) is 11.5. The minimum absolute atomic E-state index is 0.290. The predicted octanol–water partition coefficient (Wildman–Crippen LogP) is 2.49. The van der Waals surface area contributed by atoms with Gasteiger partial charge in [0.05, 0.1) is 0 Å². The van der Waals surface area contributed by atoms with Crippen molar-refractivity contribution in [1.29, 1.82) is 0 Å². The number of nitrogens with one attached hydrogen (secondary N) is 1. The SMILES string of the molecule is O=S(=O)(NCC1CCC(Cl)CC1)N1CCCCCC1. The molecule has 2 fully saturated rings. The Morgan fingerprint density at radius 1 is 1.00 bits per heavy atom. The van der Waals surface area contributed by atoms with Gasteiger partial charge in [-0.2, -0.15) is 12.7 Å². The molecular weight excluding hydrogens is 284 g/mol. The molecule has 2 aliphatic rings. The van der Waals surface area contributed by atoms with Gasteiger partial charge < -0.3 is 0 Å². The number of hydrogen-bond acceptors (Lipinski definition) is 2. The summed E-state index contributed by atoms with van der Waals surface area (Å²) in [4.78, 5) is 0. The molecule has 1 aliphatic heterocycles. The van der Waals surface area contributed by atoms with Crippen LogP contribution < -0.4 is 4.72 Å². The lowest BCUT2D eigenvalue weighted by Crippen LogP contribution is -2.43. The third-order valence-electron chi connectivity index (χ3n) is 4.24. The summed E-state index contributed by atoms with van der Waals surface area (Å²) in [5, 5.41) is 0.290. The highest BCUT2D eigenvalue weighted by atomic mass is 35.5. The van der Waals surface area contributed by atoms with Gasteiger partial charge in [0.15, 0.2) is 0 Å². The van der Waals surface area contributed by atoms with E-state index in [1.54, 1.807) is 4.31 Å². The summed E-state index contributed by atoms with van der Waals surface area (Å²) in [6, 6.07) is 0. The first kappa shape index (κ1) is 15.5. The molecule has 19 heavy (non-hydrogen) atoms. The average molecular weight is 309 g/mol. The molecule has 0 aromatic carbocycles. The maximum Gasteiger partial charge on any atom is 0.279 e. The average Bonchev–Trinajstić information content (AvgIpc) is 2.67. The van der Waals surface area contributed by atoms with Crippen molar-refractivity contribution in [1.82, 2.24) is 9.03 Å². The molecular formula is C13H25ClN2O2S. The molecule has 1 saturated carbocycles. The van der Waals surface area contributed by atoms with Gasteiger partial charge in [-0.3, -0.25) is 0 Å². The van der Waals surface area contributed by atoms with Crippen LogP contribution in [0.25, 0.3) is 0 Å². The zero-order chi connectivity index (χ0) is 13.7. The quantitative estimate of drug-likeness (QED) is 0.811. The van der Waals surface area contributed by atoms with Gasteiger partial charge in [0, 0.05) is 25.0 Å². The number of nitrogens with zero attached hydrogens (tertiary/aromatic N) is 1. The Balaban J connectivity index is 1.79. The van der Waals surface area contributed by atoms with E-state index in [1.165, 1.54) is 0 Å². The highest BCUT2D eigenvalue weighted by molar-refractivity contribution is 7.87. The van der Waals surface area contributed by atoms with E-state index in [4.69, 9.17) is 11.6 Å². The van der Waals surface area contributed by atoms with Gasteiger partial charge in [0.1, 0.15) is 0 Å². The van der Waals surface area contributed by atoms with Crippen molar-refractivity contribution in [3.05, 3.63) is 0 Å². The molecule has 0 atom stereocenters. The van der Waals surface area contributed by atoms with Crippen molar-refractivity contribution in [2.75, 3.05) is 19.6 Å². The van der Waals surface area contributed by atoms with Crippen LogP contribution >= 0.6 is 11.6 Å². The highest BCUT2D eigenvalue weighted by Crippen LogP contribution is 2.27. The molecule has 0 radical (unpaired) electrons. The first-order valence-electron chi connectivity index (χ1n) is 7.47. The van der Waals surface area contributed by atoms with E-state index in [0.29, 0.717) is 30.9 Å². The molecule has 0 bridgehead atoms. The fraction of sp³-hybridized carbons (Fsp3) is 1.00. The summed E-state index contributed by atoms with van der Waals surface area (Å²) in [6.45, 7) is 1.91. The second kappa shape index (κ2) is 7.25. The molecule has 4 nitrogen and oxygen atoms in total. The second-order valence-corrected chi connectivity index (χ2v) is 8.16. The minimum Gasteiger partial charge on any atom is -0.202 e. The van der Waals surface area contributed by atoms with Gasteiger partial charge in [-0.25, -0.2) is 4.72 Å². The van der Waals surface area contributed by atoms with E-state index in [0.717, 1.165) is 51.4 Å². The Bertz CT molecular complexity index is 359. The third-order valence-corrected chi connectivity index (χ3v) is 6.25. The Hall–Kier alpha value is 0.160. The van der Waals surface area contributed by atoms with Crippen molar-refractivity contribution < 1.29 is 8.42 Å². The minimum atomic E-state index is -3.27.